The second-order valence-electron chi connectivity index (χ2n) is 7.09. The van der Waals surface area contributed by atoms with Gasteiger partial charge in [-0.15, -0.1) is 0 Å². The molecule has 0 aliphatic heterocycles. The van der Waals surface area contributed by atoms with E-state index in [0.717, 1.165) is 46.5 Å². The van der Waals surface area contributed by atoms with E-state index in [0.29, 0.717) is 5.57 Å². The molecule has 7 heteroatoms. The minimum Gasteiger partial charge on any atom is -0.286 e. The van der Waals surface area contributed by atoms with Gasteiger partial charge in [-0.3, -0.25) is 4.72 Å². The van der Waals surface area contributed by atoms with Gasteiger partial charge in [-0.25, -0.2) is 8.42 Å². The molecule has 2 aliphatic rings. The fourth-order valence-corrected chi connectivity index (χ4v) is 4.31. The number of hydrogen-bond acceptors (Lipinski definition) is 2. The minimum atomic E-state index is -4.54. The maximum Gasteiger partial charge on any atom is 0.416 e. The van der Waals surface area contributed by atoms with Gasteiger partial charge in [0, 0.05) is 11.8 Å². The van der Waals surface area contributed by atoms with Gasteiger partial charge in [0.15, 0.2) is 0 Å². The standard InChI is InChI=1S/C25H18F3NO2S/c26-25(27,28)20-12-14-21(15-13-20)32(30,31)29-17-24(18-7-3-1-4-8-18)23-16-11-19-9-5-2-6-10-22(19)23/h1-17,29H/b24-17+. The van der Waals surface area contributed by atoms with Crippen molar-refractivity contribution in [1.29, 1.82) is 0 Å². The fraction of sp³-hybridized carbons (Fsp3) is 0.0400. The molecule has 0 fully saturated rings. The SMILES string of the molecule is O=S(=O)(N/C=C(\c1ccccc1)c1ccc2cccccc1-2)c1ccc(C(F)(F)F)cc1. The predicted octanol–water partition coefficient (Wildman–Crippen LogP) is 6.18. The van der Waals surface area contributed by atoms with Crippen molar-refractivity contribution in [3.05, 3.63) is 120 Å². The largest absolute Gasteiger partial charge is 0.416 e. The average Bonchev–Trinajstić information content (AvgIpc) is 3.01. The Hall–Kier alpha value is -3.58. The lowest BCUT2D eigenvalue weighted by atomic mass is 9.97. The molecule has 2 aromatic rings. The Labute approximate surface area is 184 Å². The fourth-order valence-electron chi connectivity index (χ4n) is 3.41. The van der Waals surface area contributed by atoms with Gasteiger partial charge >= 0.3 is 6.18 Å². The molecular weight excluding hydrogens is 435 g/mol. The first-order valence-corrected chi connectivity index (χ1v) is 11.2. The van der Waals surface area contributed by atoms with Crippen molar-refractivity contribution in [2.24, 2.45) is 0 Å². The highest BCUT2D eigenvalue weighted by Crippen LogP contribution is 2.35. The first kappa shape index (κ1) is 21.6. The van der Waals surface area contributed by atoms with Crippen molar-refractivity contribution in [3.8, 4) is 11.1 Å². The van der Waals surface area contributed by atoms with E-state index < -0.39 is 21.8 Å². The van der Waals surface area contributed by atoms with Crippen LogP contribution in [0.2, 0.25) is 0 Å². The van der Waals surface area contributed by atoms with Crippen molar-refractivity contribution in [3.63, 3.8) is 0 Å². The molecular formula is C25H18F3NO2S. The molecule has 0 saturated heterocycles. The third-order valence-electron chi connectivity index (χ3n) is 5.02. The number of rotatable bonds is 5. The summed E-state index contributed by atoms with van der Waals surface area (Å²) in [5, 5.41) is 0. The Bertz CT molecular complexity index is 1330. The number of fused-ring (bicyclic) bond motifs is 1. The monoisotopic (exact) mass is 453 g/mol. The zero-order valence-electron chi connectivity index (χ0n) is 16.7. The van der Waals surface area contributed by atoms with E-state index in [2.05, 4.69) is 4.72 Å². The zero-order chi connectivity index (χ0) is 22.8. The quantitative estimate of drug-likeness (QED) is 0.392. The van der Waals surface area contributed by atoms with Gasteiger partial charge in [0.1, 0.15) is 0 Å². The maximum absolute atomic E-state index is 12.8. The highest BCUT2D eigenvalue weighted by Gasteiger charge is 2.30. The average molecular weight is 453 g/mol. The molecule has 0 unspecified atom stereocenters. The van der Waals surface area contributed by atoms with Crippen LogP contribution in [0.3, 0.4) is 0 Å². The molecule has 0 heterocycles. The number of alkyl halides is 3. The molecule has 4 rings (SSSR count). The molecule has 0 saturated carbocycles. The van der Waals surface area contributed by atoms with Crippen molar-refractivity contribution in [2.45, 2.75) is 11.1 Å². The number of hydrogen-bond donors (Lipinski definition) is 1. The Kier molecular flexibility index (Phi) is 5.76. The van der Waals surface area contributed by atoms with Gasteiger partial charge in [-0.05, 0) is 46.5 Å². The lowest BCUT2D eigenvalue weighted by Gasteiger charge is -2.12. The third-order valence-corrected chi connectivity index (χ3v) is 6.34. The molecule has 1 N–H and O–H groups in total. The molecule has 162 valence electrons. The minimum absolute atomic E-state index is 0.257. The van der Waals surface area contributed by atoms with Crippen LogP contribution in [0.1, 0.15) is 16.7 Å². The normalized spacial score (nSPS) is 12.7. The van der Waals surface area contributed by atoms with Crippen LogP contribution in [-0.4, -0.2) is 8.42 Å². The van der Waals surface area contributed by atoms with Crippen LogP contribution in [0.25, 0.3) is 16.7 Å². The van der Waals surface area contributed by atoms with E-state index in [-0.39, 0.29) is 4.90 Å². The Balaban J connectivity index is 1.74. The first-order valence-electron chi connectivity index (χ1n) is 9.69. The zero-order valence-corrected chi connectivity index (χ0v) is 17.5. The van der Waals surface area contributed by atoms with Crippen LogP contribution >= 0.6 is 0 Å². The van der Waals surface area contributed by atoms with Crippen LogP contribution in [0, 0.1) is 0 Å². The summed E-state index contributed by atoms with van der Waals surface area (Å²) in [5.41, 5.74) is 3.30. The van der Waals surface area contributed by atoms with Crippen LogP contribution in [0.5, 0.6) is 0 Å². The molecule has 2 aliphatic carbocycles. The maximum atomic E-state index is 12.8. The highest BCUT2D eigenvalue weighted by atomic mass is 32.2. The summed E-state index contributed by atoms with van der Waals surface area (Å²) in [6.45, 7) is 0. The molecule has 0 radical (unpaired) electrons. The molecule has 0 bridgehead atoms. The summed E-state index contributed by atoms with van der Waals surface area (Å²) in [5.74, 6) is 0. The van der Waals surface area contributed by atoms with Crippen molar-refractivity contribution in [1.82, 2.24) is 4.72 Å². The molecule has 32 heavy (non-hydrogen) atoms. The number of sulfonamides is 1. The topological polar surface area (TPSA) is 46.2 Å². The predicted molar refractivity (Wildman–Crippen MR) is 118 cm³/mol. The third kappa shape index (κ3) is 4.53. The first-order chi connectivity index (χ1) is 15.3. The summed E-state index contributed by atoms with van der Waals surface area (Å²) in [6.07, 6.45) is -3.16. The molecule has 3 nitrogen and oxygen atoms in total. The smallest absolute Gasteiger partial charge is 0.286 e. The van der Waals surface area contributed by atoms with E-state index in [4.69, 9.17) is 0 Å². The second-order valence-corrected chi connectivity index (χ2v) is 8.81. The Morgan fingerprint density at radius 3 is 2.03 bits per heavy atom. The summed E-state index contributed by atoms with van der Waals surface area (Å²) < 4.78 is 66.4. The van der Waals surface area contributed by atoms with Crippen LogP contribution in [0.4, 0.5) is 13.2 Å². The summed E-state index contributed by atoms with van der Waals surface area (Å²) >= 11 is 0. The van der Waals surface area contributed by atoms with Gasteiger partial charge in [-0.2, -0.15) is 13.2 Å². The number of nitrogens with one attached hydrogen (secondary N) is 1. The van der Waals surface area contributed by atoms with Gasteiger partial charge in [0.05, 0.1) is 10.5 Å². The van der Waals surface area contributed by atoms with E-state index in [1.807, 2.05) is 72.8 Å². The summed E-state index contributed by atoms with van der Waals surface area (Å²) in [7, 11) is -4.08. The lowest BCUT2D eigenvalue weighted by Crippen LogP contribution is -2.19. The summed E-state index contributed by atoms with van der Waals surface area (Å²) in [6, 6.07) is 26.2. The number of halogens is 3. The Morgan fingerprint density at radius 2 is 1.38 bits per heavy atom. The van der Waals surface area contributed by atoms with Crippen LogP contribution in [0.15, 0.2) is 108 Å². The van der Waals surface area contributed by atoms with E-state index in [1.165, 1.54) is 6.20 Å². The van der Waals surface area contributed by atoms with Gasteiger partial charge in [-0.1, -0.05) is 72.8 Å². The molecule has 0 aromatic heterocycles. The molecule has 0 amide bonds. The van der Waals surface area contributed by atoms with Crippen LogP contribution in [-0.2, 0) is 16.2 Å². The van der Waals surface area contributed by atoms with Crippen molar-refractivity contribution < 1.29 is 21.6 Å². The van der Waals surface area contributed by atoms with E-state index in [9.17, 15) is 21.6 Å². The second kappa shape index (κ2) is 8.51. The van der Waals surface area contributed by atoms with Crippen molar-refractivity contribution >= 4 is 15.6 Å². The van der Waals surface area contributed by atoms with Crippen molar-refractivity contribution in [2.75, 3.05) is 0 Å². The van der Waals surface area contributed by atoms with E-state index >= 15 is 0 Å². The van der Waals surface area contributed by atoms with Crippen LogP contribution < -0.4 is 4.72 Å². The van der Waals surface area contributed by atoms with Gasteiger partial charge in [0.2, 0.25) is 0 Å². The molecule has 0 atom stereocenters. The highest BCUT2D eigenvalue weighted by molar-refractivity contribution is 7.89. The van der Waals surface area contributed by atoms with Gasteiger partial charge in [0.25, 0.3) is 10.0 Å². The number of benzene rings is 2. The Morgan fingerprint density at radius 1 is 0.750 bits per heavy atom. The molecule has 2 aromatic carbocycles. The van der Waals surface area contributed by atoms with E-state index in [1.54, 1.807) is 0 Å². The molecule has 0 spiro atoms. The summed E-state index contributed by atoms with van der Waals surface area (Å²) in [4.78, 5) is -0.257. The lowest BCUT2D eigenvalue weighted by molar-refractivity contribution is -0.137. The van der Waals surface area contributed by atoms with Gasteiger partial charge < -0.3 is 0 Å².